The molecule has 0 aromatic heterocycles. The van der Waals surface area contributed by atoms with Crippen LogP contribution in [0.5, 0.6) is 0 Å². The normalized spacial score (nSPS) is 8.56. The van der Waals surface area contributed by atoms with Crippen LogP contribution < -0.4 is 0 Å². The smallest absolute Gasteiger partial charge is 0.301 e. The van der Waals surface area contributed by atoms with Crippen molar-refractivity contribution in [1.29, 1.82) is 0 Å². The molecule has 0 saturated carbocycles. The second kappa shape index (κ2) is 8.18. The SMILES string of the molecule is [CH2-]/C=C/COC(C)=O.[Y]. The van der Waals surface area contributed by atoms with E-state index in [2.05, 4.69) is 11.7 Å². The van der Waals surface area contributed by atoms with Gasteiger partial charge in [-0.25, -0.2) is 13.0 Å². The summed E-state index contributed by atoms with van der Waals surface area (Å²) in [5.74, 6) is -0.261. The maximum Gasteiger partial charge on any atom is 0.301 e. The van der Waals surface area contributed by atoms with Gasteiger partial charge in [0, 0.05) is 46.2 Å². The Morgan fingerprint density at radius 2 is 2.33 bits per heavy atom. The fourth-order valence-corrected chi connectivity index (χ4v) is 0.234. The van der Waals surface area contributed by atoms with E-state index < -0.39 is 0 Å². The maximum absolute atomic E-state index is 10.0. The number of hydrogen-bond acceptors (Lipinski definition) is 2. The van der Waals surface area contributed by atoms with Crippen LogP contribution in [0.3, 0.4) is 0 Å². The Hall–Kier alpha value is 0.184. The van der Waals surface area contributed by atoms with Crippen LogP contribution in [0.1, 0.15) is 6.92 Å². The van der Waals surface area contributed by atoms with E-state index in [4.69, 9.17) is 0 Å². The Balaban J connectivity index is 0. The Morgan fingerprint density at radius 1 is 1.78 bits per heavy atom. The minimum absolute atomic E-state index is 0. The van der Waals surface area contributed by atoms with Crippen LogP contribution in [0, 0.1) is 6.92 Å². The summed E-state index contributed by atoms with van der Waals surface area (Å²) in [7, 11) is 0. The number of allylic oxidation sites excluding steroid dienone is 1. The van der Waals surface area contributed by atoms with Gasteiger partial charge in [-0.15, -0.1) is 0 Å². The molecule has 0 rings (SSSR count). The van der Waals surface area contributed by atoms with Gasteiger partial charge in [0.05, 0.1) is 0 Å². The molecule has 0 amide bonds. The molecule has 0 bridgehead atoms. The van der Waals surface area contributed by atoms with Gasteiger partial charge in [-0.2, -0.15) is 6.08 Å². The fourth-order valence-electron chi connectivity index (χ4n) is 0.234. The second-order valence-corrected chi connectivity index (χ2v) is 1.27. The van der Waals surface area contributed by atoms with Crippen molar-refractivity contribution in [2.75, 3.05) is 6.61 Å². The monoisotopic (exact) mass is 202 g/mol. The summed E-state index contributed by atoms with van der Waals surface area (Å²) in [6.07, 6.45) is 3.25. The van der Waals surface area contributed by atoms with Gasteiger partial charge in [-0.05, 0) is 0 Å². The maximum atomic E-state index is 10.0. The van der Waals surface area contributed by atoms with Crippen molar-refractivity contribution < 1.29 is 42.2 Å². The second-order valence-electron chi connectivity index (χ2n) is 1.27. The zero-order chi connectivity index (χ0) is 6.41. The Kier molecular flexibility index (Phi) is 10.8. The van der Waals surface area contributed by atoms with Crippen LogP contribution in [-0.2, 0) is 42.2 Å². The first kappa shape index (κ1) is 11.9. The van der Waals surface area contributed by atoms with Crippen molar-refractivity contribution in [2.24, 2.45) is 0 Å². The average molecular weight is 202 g/mol. The van der Waals surface area contributed by atoms with Crippen molar-refractivity contribution >= 4 is 5.97 Å². The fraction of sp³-hybridized carbons (Fsp3) is 0.333. The molecule has 0 aliphatic rings. The number of esters is 1. The summed E-state index contributed by atoms with van der Waals surface area (Å²) in [5.41, 5.74) is 0. The molecule has 0 aliphatic heterocycles. The molecule has 0 unspecified atom stereocenters. The summed E-state index contributed by atoms with van der Waals surface area (Å²) < 4.78 is 4.52. The Labute approximate surface area is 80.5 Å². The van der Waals surface area contributed by atoms with E-state index in [1.807, 2.05) is 0 Å². The molecule has 0 spiro atoms. The van der Waals surface area contributed by atoms with Crippen LogP contribution in [0.15, 0.2) is 12.2 Å². The van der Waals surface area contributed by atoms with Crippen molar-refractivity contribution in [1.82, 2.24) is 0 Å². The van der Waals surface area contributed by atoms with E-state index in [0.717, 1.165) is 0 Å². The zero-order valence-electron chi connectivity index (χ0n) is 5.46. The summed E-state index contributed by atoms with van der Waals surface area (Å²) in [6.45, 7) is 5.11. The van der Waals surface area contributed by atoms with Gasteiger partial charge in [-0.3, -0.25) is 4.79 Å². The van der Waals surface area contributed by atoms with E-state index >= 15 is 0 Å². The first-order valence-electron chi connectivity index (χ1n) is 2.35. The van der Waals surface area contributed by atoms with Gasteiger partial charge < -0.3 is 4.74 Å². The van der Waals surface area contributed by atoms with Crippen LogP contribution in [-0.4, -0.2) is 12.6 Å². The van der Waals surface area contributed by atoms with E-state index in [1.165, 1.54) is 6.92 Å². The van der Waals surface area contributed by atoms with Gasteiger partial charge in [0.1, 0.15) is 0 Å². The van der Waals surface area contributed by atoms with Crippen molar-refractivity contribution in [2.45, 2.75) is 6.92 Å². The van der Waals surface area contributed by atoms with Crippen LogP contribution in [0.2, 0.25) is 0 Å². The Morgan fingerprint density at radius 3 is 2.67 bits per heavy atom. The molecule has 0 aliphatic carbocycles. The molecule has 0 aromatic rings. The molecular formula is C6H9O2Y-. The number of rotatable bonds is 2. The number of hydrogen-bond donors (Lipinski definition) is 0. The van der Waals surface area contributed by atoms with Crippen LogP contribution >= 0.6 is 0 Å². The molecule has 0 atom stereocenters. The molecule has 9 heavy (non-hydrogen) atoms. The van der Waals surface area contributed by atoms with Crippen LogP contribution in [0.25, 0.3) is 0 Å². The van der Waals surface area contributed by atoms with Gasteiger partial charge in [0.25, 0.3) is 0 Å². The molecule has 0 aromatic carbocycles. The average Bonchev–Trinajstić information content (AvgIpc) is 1.66. The van der Waals surface area contributed by atoms with Crippen molar-refractivity contribution in [3.8, 4) is 0 Å². The molecule has 0 N–H and O–H groups in total. The standard InChI is InChI=1S/C6H9O2.Y/c1-3-4-5-8-6(2)7;/h3-4H,1,5H2,2H3;/q-1;/b4-3+;. The summed E-state index contributed by atoms with van der Waals surface area (Å²) in [5, 5.41) is 0. The first-order chi connectivity index (χ1) is 3.77. The van der Waals surface area contributed by atoms with Gasteiger partial charge in [0.15, 0.2) is 0 Å². The molecule has 49 valence electrons. The van der Waals surface area contributed by atoms with Gasteiger partial charge >= 0.3 is 5.97 Å². The molecule has 3 heteroatoms. The molecular weight excluding hydrogens is 193 g/mol. The molecule has 2 nitrogen and oxygen atoms in total. The summed E-state index contributed by atoms with van der Waals surface area (Å²) >= 11 is 0. The third-order valence-corrected chi connectivity index (χ3v) is 0.549. The van der Waals surface area contributed by atoms with Crippen molar-refractivity contribution in [3.63, 3.8) is 0 Å². The first-order valence-corrected chi connectivity index (χ1v) is 2.35. The molecule has 0 fully saturated rings. The summed E-state index contributed by atoms with van der Waals surface area (Å²) in [4.78, 5) is 10.0. The minimum Gasteiger partial charge on any atom is -0.480 e. The molecule has 1 radical (unpaired) electrons. The third kappa shape index (κ3) is 11.6. The predicted octanol–water partition coefficient (Wildman–Crippen LogP) is 0.937. The third-order valence-electron chi connectivity index (χ3n) is 0.549. The van der Waals surface area contributed by atoms with E-state index in [1.54, 1.807) is 12.2 Å². The molecule has 0 heterocycles. The minimum atomic E-state index is -0.261. The summed E-state index contributed by atoms with van der Waals surface area (Å²) in [6, 6.07) is 0. The van der Waals surface area contributed by atoms with Crippen LogP contribution in [0.4, 0.5) is 0 Å². The largest absolute Gasteiger partial charge is 0.480 e. The van der Waals surface area contributed by atoms with E-state index in [9.17, 15) is 4.79 Å². The number of carbonyl (C=O) groups excluding carboxylic acids is 1. The van der Waals surface area contributed by atoms with E-state index in [0.29, 0.717) is 6.61 Å². The number of carbonyl (C=O) groups is 1. The van der Waals surface area contributed by atoms with Crippen molar-refractivity contribution in [3.05, 3.63) is 19.1 Å². The molecule has 0 saturated heterocycles. The Bertz CT molecular complexity index is 99.2. The topological polar surface area (TPSA) is 26.3 Å². The van der Waals surface area contributed by atoms with E-state index in [-0.39, 0.29) is 38.7 Å². The van der Waals surface area contributed by atoms with Gasteiger partial charge in [-0.1, -0.05) is 0 Å². The number of ether oxygens (including phenoxy) is 1. The van der Waals surface area contributed by atoms with Gasteiger partial charge in [0.2, 0.25) is 0 Å². The predicted molar refractivity (Wildman–Crippen MR) is 31.1 cm³/mol. The quantitative estimate of drug-likeness (QED) is 0.492. The zero-order valence-corrected chi connectivity index (χ0v) is 8.30.